The maximum absolute atomic E-state index is 4.61. The summed E-state index contributed by atoms with van der Waals surface area (Å²) in [4.78, 5) is 6.83. The molecule has 1 rings (SSSR count). The van der Waals surface area contributed by atoms with E-state index in [0.29, 0.717) is 6.04 Å². The molecular formula is C13H26N4. The van der Waals surface area contributed by atoms with Crippen molar-refractivity contribution in [1.82, 2.24) is 19.8 Å². The van der Waals surface area contributed by atoms with E-state index in [0.717, 1.165) is 31.2 Å². The van der Waals surface area contributed by atoms with Gasteiger partial charge >= 0.3 is 0 Å². The van der Waals surface area contributed by atoms with Crippen LogP contribution < -0.4 is 5.32 Å². The fraction of sp³-hybridized carbons (Fsp3) is 0.769. The predicted octanol–water partition coefficient (Wildman–Crippen LogP) is 1.81. The molecule has 17 heavy (non-hydrogen) atoms. The Kier molecular flexibility index (Phi) is 5.65. The van der Waals surface area contributed by atoms with Gasteiger partial charge in [0.2, 0.25) is 0 Å². The van der Waals surface area contributed by atoms with Gasteiger partial charge in [-0.25, -0.2) is 4.98 Å². The largest absolute Gasteiger partial charge is 0.335 e. The molecule has 1 aromatic rings. The third-order valence-electron chi connectivity index (χ3n) is 2.95. The molecule has 0 aromatic carbocycles. The van der Waals surface area contributed by atoms with Gasteiger partial charge in [-0.05, 0) is 47.5 Å². The minimum Gasteiger partial charge on any atom is -0.335 e. The Morgan fingerprint density at radius 2 is 2.18 bits per heavy atom. The van der Waals surface area contributed by atoms with Gasteiger partial charge in [0.15, 0.2) is 0 Å². The van der Waals surface area contributed by atoms with Crippen molar-refractivity contribution in [1.29, 1.82) is 0 Å². The van der Waals surface area contributed by atoms with Crippen molar-refractivity contribution in [3.8, 4) is 0 Å². The van der Waals surface area contributed by atoms with Gasteiger partial charge in [0.05, 0.1) is 5.69 Å². The van der Waals surface area contributed by atoms with Crippen LogP contribution >= 0.6 is 0 Å². The van der Waals surface area contributed by atoms with E-state index in [1.54, 1.807) is 0 Å². The molecule has 0 fully saturated rings. The first-order chi connectivity index (χ1) is 8.04. The molecule has 98 valence electrons. The van der Waals surface area contributed by atoms with Crippen molar-refractivity contribution in [2.24, 2.45) is 0 Å². The number of nitrogens with zero attached hydrogens (tertiary/aromatic N) is 3. The summed E-state index contributed by atoms with van der Waals surface area (Å²) in [6, 6.07) is 0.341. The molecule has 1 N–H and O–H groups in total. The van der Waals surface area contributed by atoms with E-state index in [1.807, 2.05) is 0 Å². The van der Waals surface area contributed by atoms with Gasteiger partial charge in [-0.3, -0.25) is 0 Å². The lowest BCUT2D eigenvalue weighted by Gasteiger charge is -2.10. The standard InChI is InChI=1S/C13H26N4/c1-6-14-11(2)13-10-17(12(3)15-13)9-7-8-16(4)5/h10-11,14H,6-9H2,1-5H3. The van der Waals surface area contributed by atoms with E-state index in [9.17, 15) is 0 Å². The summed E-state index contributed by atoms with van der Waals surface area (Å²) in [5.41, 5.74) is 1.15. The third-order valence-corrected chi connectivity index (χ3v) is 2.95. The van der Waals surface area contributed by atoms with Crippen LogP contribution in [0, 0.1) is 6.92 Å². The van der Waals surface area contributed by atoms with Gasteiger partial charge in [0.25, 0.3) is 0 Å². The lowest BCUT2D eigenvalue weighted by atomic mass is 10.2. The summed E-state index contributed by atoms with van der Waals surface area (Å²) in [5, 5.41) is 3.39. The Balaban J connectivity index is 2.55. The topological polar surface area (TPSA) is 33.1 Å². The lowest BCUT2D eigenvalue weighted by Crippen LogP contribution is -2.18. The van der Waals surface area contributed by atoms with Crippen molar-refractivity contribution in [3.63, 3.8) is 0 Å². The van der Waals surface area contributed by atoms with Crippen molar-refractivity contribution in [2.45, 2.75) is 39.8 Å². The van der Waals surface area contributed by atoms with Gasteiger partial charge in [-0.1, -0.05) is 6.92 Å². The Bertz CT molecular complexity index is 330. The highest BCUT2D eigenvalue weighted by Crippen LogP contribution is 2.12. The first kappa shape index (κ1) is 14.2. The summed E-state index contributed by atoms with van der Waals surface area (Å²) in [6.07, 6.45) is 3.34. The quantitative estimate of drug-likeness (QED) is 0.786. The lowest BCUT2D eigenvalue weighted by molar-refractivity contribution is 0.385. The zero-order valence-corrected chi connectivity index (χ0v) is 11.8. The first-order valence-corrected chi connectivity index (χ1v) is 6.46. The van der Waals surface area contributed by atoms with E-state index in [2.05, 4.69) is 60.8 Å². The fourth-order valence-corrected chi connectivity index (χ4v) is 1.94. The molecule has 0 radical (unpaired) electrons. The van der Waals surface area contributed by atoms with Crippen LogP contribution in [0.4, 0.5) is 0 Å². The number of nitrogens with one attached hydrogen (secondary N) is 1. The summed E-state index contributed by atoms with van der Waals surface area (Å²) in [5.74, 6) is 1.11. The number of aryl methyl sites for hydroxylation is 2. The van der Waals surface area contributed by atoms with Crippen LogP contribution in [0.1, 0.15) is 37.8 Å². The fourth-order valence-electron chi connectivity index (χ4n) is 1.94. The SMILES string of the molecule is CCNC(C)c1cn(CCCN(C)C)c(C)n1. The molecule has 4 heteroatoms. The summed E-state index contributed by atoms with van der Waals surface area (Å²) >= 11 is 0. The Morgan fingerprint density at radius 1 is 1.47 bits per heavy atom. The summed E-state index contributed by atoms with van der Waals surface area (Å²) < 4.78 is 2.26. The molecule has 0 bridgehead atoms. The molecule has 0 saturated carbocycles. The van der Waals surface area contributed by atoms with Gasteiger partial charge in [-0.15, -0.1) is 0 Å². The second-order valence-electron chi connectivity index (χ2n) is 4.84. The zero-order valence-electron chi connectivity index (χ0n) is 11.8. The van der Waals surface area contributed by atoms with Gasteiger partial charge in [-0.2, -0.15) is 0 Å². The van der Waals surface area contributed by atoms with Crippen LogP contribution in [0.5, 0.6) is 0 Å². The molecular weight excluding hydrogens is 212 g/mol. The Labute approximate surface area is 105 Å². The molecule has 0 aliphatic heterocycles. The molecule has 0 spiro atoms. The molecule has 4 nitrogen and oxygen atoms in total. The van der Waals surface area contributed by atoms with E-state index in [4.69, 9.17) is 0 Å². The number of aromatic nitrogens is 2. The minimum absolute atomic E-state index is 0.341. The number of imidazole rings is 1. The van der Waals surface area contributed by atoms with Crippen molar-refractivity contribution >= 4 is 0 Å². The Hall–Kier alpha value is -0.870. The molecule has 1 unspecified atom stereocenters. The van der Waals surface area contributed by atoms with Gasteiger partial charge in [0.1, 0.15) is 5.82 Å². The maximum Gasteiger partial charge on any atom is 0.105 e. The number of rotatable bonds is 7. The van der Waals surface area contributed by atoms with E-state index < -0.39 is 0 Å². The highest BCUT2D eigenvalue weighted by Gasteiger charge is 2.09. The monoisotopic (exact) mass is 238 g/mol. The molecule has 1 heterocycles. The highest BCUT2D eigenvalue weighted by molar-refractivity contribution is 5.07. The number of hydrogen-bond acceptors (Lipinski definition) is 3. The third kappa shape index (κ3) is 4.48. The molecule has 0 saturated heterocycles. The van der Waals surface area contributed by atoms with Crippen LogP contribution in [0.3, 0.4) is 0 Å². The second-order valence-corrected chi connectivity index (χ2v) is 4.84. The molecule has 0 aliphatic carbocycles. The average Bonchev–Trinajstić information content (AvgIpc) is 2.60. The minimum atomic E-state index is 0.341. The maximum atomic E-state index is 4.61. The van der Waals surface area contributed by atoms with Crippen LogP contribution in [0.15, 0.2) is 6.20 Å². The number of hydrogen-bond donors (Lipinski definition) is 1. The van der Waals surface area contributed by atoms with Crippen molar-refractivity contribution in [2.75, 3.05) is 27.2 Å². The zero-order chi connectivity index (χ0) is 12.8. The van der Waals surface area contributed by atoms with Crippen molar-refractivity contribution in [3.05, 3.63) is 17.7 Å². The highest BCUT2D eigenvalue weighted by atomic mass is 15.1. The van der Waals surface area contributed by atoms with Gasteiger partial charge in [0, 0.05) is 18.8 Å². The van der Waals surface area contributed by atoms with Gasteiger partial charge < -0.3 is 14.8 Å². The molecule has 1 aromatic heterocycles. The predicted molar refractivity (Wildman–Crippen MR) is 72.2 cm³/mol. The van der Waals surface area contributed by atoms with E-state index in [-0.39, 0.29) is 0 Å². The molecule has 1 atom stereocenters. The summed E-state index contributed by atoms with van der Waals surface area (Å²) in [7, 11) is 4.22. The first-order valence-electron chi connectivity index (χ1n) is 6.46. The Morgan fingerprint density at radius 3 is 2.76 bits per heavy atom. The van der Waals surface area contributed by atoms with Crippen LogP contribution in [-0.2, 0) is 6.54 Å². The normalized spacial score (nSPS) is 13.3. The van der Waals surface area contributed by atoms with Crippen LogP contribution in [0.2, 0.25) is 0 Å². The average molecular weight is 238 g/mol. The van der Waals surface area contributed by atoms with Crippen LogP contribution in [0.25, 0.3) is 0 Å². The molecule has 0 amide bonds. The summed E-state index contributed by atoms with van der Waals surface area (Å²) in [6.45, 7) is 9.52. The van der Waals surface area contributed by atoms with E-state index in [1.165, 1.54) is 6.42 Å². The smallest absolute Gasteiger partial charge is 0.105 e. The molecule has 0 aliphatic rings. The van der Waals surface area contributed by atoms with Crippen LogP contribution in [-0.4, -0.2) is 41.6 Å². The van der Waals surface area contributed by atoms with E-state index >= 15 is 0 Å². The van der Waals surface area contributed by atoms with Crippen molar-refractivity contribution < 1.29 is 0 Å². The second kappa shape index (κ2) is 6.77.